The first kappa shape index (κ1) is 16.5. The maximum absolute atomic E-state index is 12.1. The van der Waals surface area contributed by atoms with Crippen molar-refractivity contribution < 1.29 is 4.79 Å². The largest absolute Gasteiger partial charge is 0.339 e. The van der Waals surface area contributed by atoms with E-state index < -0.39 is 0 Å². The zero-order valence-corrected chi connectivity index (χ0v) is 11.9. The highest BCUT2D eigenvalue weighted by atomic mass is 35.5. The first-order chi connectivity index (χ1) is 7.56. The van der Waals surface area contributed by atoms with Crippen LogP contribution in [0.2, 0.25) is 0 Å². The summed E-state index contributed by atoms with van der Waals surface area (Å²) >= 11 is 0. The average Bonchev–Trinajstić information content (AvgIpc) is 2.28. The normalized spacial score (nSPS) is 22.9. The predicted octanol–water partition coefficient (Wildman–Crippen LogP) is 2.35. The highest BCUT2D eigenvalue weighted by Crippen LogP contribution is 2.20. The van der Waals surface area contributed by atoms with Gasteiger partial charge in [-0.3, -0.25) is 4.79 Å². The molecule has 2 unspecified atom stereocenters. The number of nitrogens with zero attached hydrogens (tertiary/aromatic N) is 1. The van der Waals surface area contributed by atoms with Gasteiger partial charge in [-0.05, 0) is 39.0 Å². The Morgan fingerprint density at radius 2 is 2.24 bits per heavy atom. The van der Waals surface area contributed by atoms with Gasteiger partial charge in [-0.15, -0.1) is 12.4 Å². The Hall–Kier alpha value is -0.540. The van der Waals surface area contributed by atoms with Gasteiger partial charge in [0.1, 0.15) is 0 Å². The summed E-state index contributed by atoms with van der Waals surface area (Å²) in [4.78, 5) is 14.0. The number of nitrogens with two attached hydrogens (primary N) is 1. The molecule has 0 saturated carbocycles. The van der Waals surface area contributed by atoms with Crippen molar-refractivity contribution in [1.29, 1.82) is 0 Å². The molecule has 100 valence electrons. The zero-order valence-electron chi connectivity index (χ0n) is 11.1. The Morgan fingerprint density at radius 3 is 2.76 bits per heavy atom. The molecule has 0 bridgehead atoms. The van der Waals surface area contributed by atoms with Crippen molar-refractivity contribution in [3.8, 4) is 0 Å². The van der Waals surface area contributed by atoms with Gasteiger partial charge in [-0.25, -0.2) is 0 Å². The molecule has 1 saturated heterocycles. The maximum atomic E-state index is 12.1. The van der Waals surface area contributed by atoms with Crippen LogP contribution in [-0.4, -0.2) is 29.9 Å². The Morgan fingerprint density at radius 1 is 1.59 bits per heavy atom. The van der Waals surface area contributed by atoms with E-state index in [0.717, 1.165) is 37.9 Å². The van der Waals surface area contributed by atoms with Gasteiger partial charge in [-0.2, -0.15) is 0 Å². The van der Waals surface area contributed by atoms with E-state index >= 15 is 0 Å². The topological polar surface area (TPSA) is 46.3 Å². The SMILES string of the molecule is CC/C=C(/C)C(=O)N1CCCC(C(C)N)C1.Cl. The lowest BCUT2D eigenvalue weighted by Crippen LogP contribution is -2.45. The summed E-state index contributed by atoms with van der Waals surface area (Å²) in [7, 11) is 0. The Balaban J connectivity index is 0.00000256. The Labute approximate surface area is 111 Å². The quantitative estimate of drug-likeness (QED) is 0.792. The minimum Gasteiger partial charge on any atom is -0.339 e. The first-order valence-electron chi connectivity index (χ1n) is 6.27. The minimum atomic E-state index is 0. The van der Waals surface area contributed by atoms with Gasteiger partial charge in [0.25, 0.3) is 0 Å². The van der Waals surface area contributed by atoms with Crippen LogP contribution in [0.3, 0.4) is 0 Å². The van der Waals surface area contributed by atoms with Crippen LogP contribution in [0, 0.1) is 5.92 Å². The van der Waals surface area contributed by atoms with Crippen LogP contribution in [0.5, 0.6) is 0 Å². The molecule has 1 aliphatic rings. The lowest BCUT2D eigenvalue weighted by atomic mass is 9.92. The van der Waals surface area contributed by atoms with Crippen LogP contribution in [-0.2, 0) is 4.79 Å². The van der Waals surface area contributed by atoms with Crippen molar-refractivity contribution in [1.82, 2.24) is 4.90 Å². The van der Waals surface area contributed by atoms with E-state index in [1.807, 2.05) is 24.8 Å². The molecule has 0 aromatic heterocycles. The standard InChI is InChI=1S/C13H24N2O.ClH/c1-4-6-10(2)13(16)15-8-5-7-12(9-15)11(3)14;/h6,11-12H,4-5,7-9,14H2,1-3H3;1H/b10-6-;. The molecule has 1 fully saturated rings. The fourth-order valence-corrected chi connectivity index (χ4v) is 2.27. The monoisotopic (exact) mass is 260 g/mol. The molecule has 1 rings (SSSR count). The van der Waals surface area contributed by atoms with E-state index in [1.165, 1.54) is 0 Å². The fourth-order valence-electron chi connectivity index (χ4n) is 2.27. The van der Waals surface area contributed by atoms with Crippen LogP contribution < -0.4 is 5.73 Å². The number of rotatable bonds is 3. The second-order valence-electron chi connectivity index (χ2n) is 4.81. The number of likely N-dealkylation sites (tertiary alicyclic amines) is 1. The molecular weight excluding hydrogens is 236 g/mol. The molecule has 0 spiro atoms. The molecule has 1 aliphatic heterocycles. The Kier molecular flexibility index (Phi) is 7.48. The second-order valence-corrected chi connectivity index (χ2v) is 4.81. The van der Waals surface area contributed by atoms with Gasteiger partial charge in [-0.1, -0.05) is 13.0 Å². The Bertz CT molecular complexity index is 277. The summed E-state index contributed by atoms with van der Waals surface area (Å²) in [6.07, 6.45) is 5.15. The number of hydrogen-bond donors (Lipinski definition) is 1. The molecule has 1 amide bonds. The van der Waals surface area contributed by atoms with Crippen molar-refractivity contribution in [2.24, 2.45) is 11.7 Å². The van der Waals surface area contributed by atoms with E-state index in [9.17, 15) is 4.79 Å². The predicted molar refractivity (Wildman–Crippen MR) is 74.2 cm³/mol. The van der Waals surface area contributed by atoms with E-state index in [1.54, 1.807) is 0 Å². The van der Waals surface area contributed by atoms with Gasteiger partial charge < -0.3 is 10.6 Å². The lowest BCUT2D eigenvalue weighted by molar-refractivity contribution is -0.129. The summed E-state index contributed by atoms with van der Waals surface area (Å²) < 4.78 is 0. The van der Waals surface area contributed by atoms with Crippen molar-refractivity contribution in [2.75, 3.05) is 13.1 Å². The smallest absolute Gasteiger partial charge is 0.249 e. The number of allylic oxidation sites excluding steroid dienone is 1. The van der Waals surface area contributed by atoms with Crippen molar-refractivity contribution >= 4 is 18.3 Å². The number of carbonyl (C=O) groups excluding carboxylic acids is 1. The van der Waals surface area contributed by atoms with Crippen LogP contribution in [0.4, 0.5) is 0 Å². The van der Waals surface area contributed by atoms with E-state index in [2.05, 4.69) is 6.92 Å². The molecule has 2 N–H and O–H groups in total. The summed E-state index contributed by atoms with van der Waals surface area (Å²) in [5.41, 5.74) is 6.78. The third-order valence-corrected chi connectivity index (χ3v) is 3.34. The van der Waals surface area contributed by atoms with Gasteiger partial charge in [0, 0.05) is 24.7 Å². The van der Waals surface area contributed by atoms with Crippen molar-refractivity contribution in [2.45, 2.75) is 46.1 Å². The molecule has 3 nitrogen and oxygen atoms in total. The van der Waals surface area contributed by atoms with Gasteiger partial charge in [0.15, 0.2) is 0 Å². The zero-order chi connectivity index (χ0) is 12.1. The molecule has 0 aliphatic carbocycles. The highest BCUT2D eigenvalue weighted by molar-refractivity contribution is 5.92. The third-order valence-electron chi connectivity index (χ3n) is 3.34. The number of piperidine rings is 1. The molecule has 4 heteroatoms. The van der Waals surface area contributed by atoms with E-state index in [0.29, 0.717) is 5.92 Å². The molecule has 17 heavy (non-hydrogen) atoms. The molecule has 2 atom stereocenters. The summed E-state index contributed by atoms with van der Waals surface area (Å²) in [6.45, 7) is 7.70. The number of hydrogen-bond acceptors (Lipinski definition) is 2. The van der Waals surface area contributed by atoms with Crippen molar-refractivity contribution in [3.05, 3.63) is 11.6 Å². The second kappa shape index (κ2) is 7.72. The maximum Gasteiger partial charge on any atom is 0.249 e. The number of carbonyl (C=O) groups is 1. The van der Waals surface area contributed by atoms with E-state index in [-0.39, 0.29) is 24.4 Å². The first-order valence-corrected chi connectivity index (χ1v) is 6.27. The molecule has 0 aromatic rings. The summed E-state index contributed by atoms with van der Waals surface area (Å²) in [5.74, 6) is 0.652. The van der Waals surface area contributed by atoms with Crippen molar-refractivity contribution in [3.63, 3.8) is 0 Å². The average molecular weight is 261 g/mol. The summed E-state index contributed by atoms with van der Waals surface area (Å²) in [5, 5.41) is 0. The highest BCUT2D eigenvalue weighted by Gasteiger charge is 2.25. The van der Waals surface area contributed by atoms with Gasteiger partial charge in [0.05, 0.1) is 0 Å². The number of amides is 1. The van der Waals surface area contributed by atoms with Crippen LogP contribution in [0.25, 0.3) is 0 Å². The van der Waals surface area contributed by atoms with Gasteiger partial charge >= 0.3 is 0 Å². The number of halogens is 1. The fraction of sp³-hybridized carbons (Fsp3) is 0.769. The van der Waals surface area contributed by atoms with E-state index in [4.69, 9.17) is 5.73 Å². The molecule has 0 radical (unpaired) electrons. The van der Waals surface area contributed by atoms with Crippen LogP contribution in [0.15, 0.2) is 11.6 Å². The molecule has 1 heterocycles. The molecule has 0 aromatic carbocycles. The third kappa shape index (κ3) is 4.68. The van der Waals surface area contributed by atoms with Crippen LogP contribution in [0.1, 0.15) is 40.0 Å². The molecular formula is C13H25ClN2O. The van der Waals surface area contributed by atoms with Gasteiger partial charge in [0.2, 0.25) is 5.91 Å². The summed E-state index contributed by atoms with van der Waals surface area (Å²) in [6, 6.07) is 0.186. The lowest BCUT2D eigenvalue weighted by Gasteiger charge is -2.34. The van der Waals surface area contributed by atoms with Crippen LogP contribution >= 0.6 is 12.4 Å². The minimum absolute atomic E-state index is 0.